The fourth-order valence-electron chi connectivity index (χ4n) is 5.32. The molecule has 220 valence electrons. The van der Waals surface area contributed by atoms with Gasteiger partial charge < -0.3 is 9.47 Å². The predicted molar refractivity (Wildman–Crippen MR) is 156 cm³/mol. The average Bonchev–Trinajstić information content (AvgIpc) is 2.99. The number of hydrogen-bond acceptors (Lipinski definition) is 2. The number of unbranched alkanes of at least 4 members (excludes halogenated alkanes) is 6. The second-order valence-corrected chi connectivity index (χ2v) is 10.9. The molecule has 1 heterocycles. The Labute approximate surface area is 241 Å². The van der Waals surface area contributed by atoms with Gasteiger partial charge in [-0.05, 0) is 42.4 Å². The maximum absolute atomic E-state index is 15.1. The molecule has 6 heteroatoms. The minimum Gasteiger partial charge on any atom is -0.348 e. The van der Waals surface area contributed by atoms with Crippen LogP contribution in [0.3, 0.4) is 0 Å². The summed E-state index contributed by atoms with van der Waals surface area (Å²) in [6.07, 6.45) is 10.9. The van der Waals surface area contributed by atoms with E-state index < -0.39 is 29.6 Å². The van der Waals surface area contributed by atoms with Crippen LogP contribution in [-0.4, -0.2) is 13.2 Å². The summed E-state index contributed by atoms with van der Waals surface area (Å²) in [5.74, 6) is -3.55. The first-order valence-corrected chi connectivity index (χ1v) is 14.8. The summed E-state index contributed by atoms with van der Waals surface area (Å²) < 4.78 is 71.4. The lowest BCUT2D eigenvalue weighted by Gasteiger charge is -2.29. The van der Waals surface area contributed by atoms with E-state index in [9.17, 15) is 8.78 Å². The maximum atomic E-state index is 15.1. The van der Waals surface area contributed by atoms with E-state index in [1.165, 1.54) is 37.8 Å². The van der Waals surface area contributed by atoms with Gasteiger partial charge in [0.2, 0.25) is 0 Å². The summed E-state index contributed by atoms with van der Waals surface area (Å²) >= 11 is 0. The summed E-state index contributed by atoms with van der Waals surface area (Å²) in [6.45, 7) is 6.69. The second kappa shape index (κ2) is 15.3. The van der Waals surface area contributed by atoms with Crippen LogP contribution < -0.4 is 0 Å². The van der Waals surface area contributed by atoms with Gasteiger partial charge in [0, 0.05) is 22.6 Å². The molecule has 3 aromatic carbocycles. The summed E-state index contributed by atoms with van der Waals surface area (Å²) in [7, 11) is 0. The lowest BCUT2D eigenvalue weighted by atomic mass is 9.96. The Hall–Kier alpha value is -2.96. The molecular formula is C35H40F4O2. The van der Waals surface area contributed by atoms with Gasteiger partial charge >= 0.3 is 0 Å². The van der Waals surface area contributed by atoms with Crippen LogP contribution in [-0.2, 0) is 15.9 Å². The SMILES string of the molecule is C=CCCC1COC(c2ccc(-c3ccc(-c4ccc(CCCCCCCCC)c(F)c4F)cc3)c(F)c2F)OC1. The van der Waals surface area contributed by atoms with Crippen LogP contribution >= 0.6 is 0 Å². The van der Waals surface area contributed by atoms with Gasteiger partial charge in [0.1, 0.15) is 0 Å². The summed E-state index contributed by atoms with van der Waals surface area (Å²) in [5.41, 5.74) is 1.47. The molecule has 1 saturated heterocycles. The van der Waals surface area contributed by atoms with Crippen molar-refractivity contribution in [1.29, 1.82) is 0 Å². The molecule has 0 aromatic heterocycles. The first kappa shape index (κ1) is 31.0. The Kier molecular flexibility index (Phi) is 11.6. The minimum atomic E-state index is -1.02. The molecule has 1 aliphatic rings. The van der Waals surface area contributed by atoms with E-state index in [1.54, 1.807) is 36.4 Å². The number of allylic oxidation sites excluding steroid dienone is 1. The topological polar surface area (TPSA) is 18.5 Å². The van der Waals surface area contributed by atoms with E-state index in [4.69, 9.17) is 9.47 Å². The molecule has 0 atom stereocenters. The standard InChI is InChI=1S/C35H40F4O2/c1-3-5-7-8-9-10-11-13-27-18-19-28(32(37)31(27)36)25-14-16-26(17-15-25)29-20-21-30(34(39)33(29)38)35-40-22-24(23-41-35)12-6-4-2/h4,14-21,24,35H,2-3,5-13,22-23H2,1H3. The van der Waals surface area contributed by atoms with Gasteiger partial charge in [-0.15, -0.1) is 6.58 Å². The number of halogens is 4. The molecule has 1 fully saturated rings. The minimum absolute atomic E-state index is 0.0131. The first-order chi connectivity index (χ1) is 19.9. The van der Waals surface area contributed by atoms with Crippen LogP contribution in [0.25, 0.3) is 22.3 Å². The molecule has 0 radical (unpaired) electrons. The fraction of sp³-hybridized carbons (Fsp3) is 0.429. The summed E-state index contributed by atoms with van der Waals surface area (Å²) in [6, 6.07) is 12.5. The zero-order valence-electron chi connectivity index (χ0n) is 23.9. The van der Waals surface area contributed by atoms with Gasteiger partial charge in [0.15, 0.2) is 29.6 Å². The van der Waals surface area contributed by atoms with Crippen molar-refractivity contribution in [3.05, 3.63) is 95.6 Å². The van der Waals surface area contributed by atoms with Crippen molar-refractivity contribution in [2.24, 2.45) is 5.92 Å². The second-order valence-electron chi connectivity index (χ2n) is 10.9. The highest BCUT2D eigenvalue weighted by molar-refractivity contribution is 5.71. The largest absolute Gasteiger partial charge is 0.348 e. The molecule has 4 rings (SSSR count). The van der Waals surface area contributed by atoms with Crippen LogP contribution in [0.5, 0.6) is 0 Å². The first-order valence-electron chi connectivity index (χ1n) is 14.8. The average molecular weight is 569 g/mol. The van der Waals surface area contributed by atoms with E-state index >= 15 is 8.78 Å². The molecule has 2 nitrogen and oxygen atoms in total. The zero-order valence-corrected chi connectivity index (χ0v) is 23.9. The van der Waals surface area contributed by atoms with E-state index in [-0.39, 0.29) is 22.6 Å². The Bertz CT molecular complexity index is 1280. The Morgan fingerprint density at radius 2 is 1.27 bits per heavy atom. The van der Waals surface area contributed by atoms with Crippen LogP contribution in [0, 0.1) is 29.2 Å². The number of benzene rings is 3. The molecule has 0 unspecified atom stereocenters. The molecule has 0 amide bonds. The molecular weight excluding hydrogens is 528 g/mol. The lowest BCUT2D eigenvalue weighted by molar-refractivity contribution is -0.207. The van der Waals surface area contributed by atoms with Crippen LogP contribution in [0.1, 0.15) is 82.1 Å². The molecule has 3 aromatic rings. The van der Waals surface area contributed by atoms with Gasteiger partial charge in [0.25, 0.3) is 0 Å². The summed E-state index contributed by atoms with van der Waals surface area (Å²) in [5, 5.41) is 0. The third-order valence-electron chi connectivity index (χ3n) is 7.83. The quantitative estimate of drug-likeness (QED) is 0.109. The van der Waals surface area contributed by atoms with E-state index in [1.807, 2.05) is 6.08 Å². The van der Waals surface area contributed by atoms with Gasteiger partial charge in [0.05, 0.1) is 13.2 Å². The number of ether oxygens (including phenoxy) is 2. The number of rotatable bonds is 14. The molecule has 0 spiro atoms. The van der Waals surface area contributed by atoms with Crippen molar-refractivity contribution in [2.75, 3.05) is 13.2 Å². The van der Waals surface area contributed by atoms with Crippen molar-refractivity contribution in [1.82, 2.24) is 0 Å². The van der Waals surface area contributed by atoms with Crippen molar-refractivity contribution < 1.29 is 27.0 Å². The van der Waals surface area contributed by atoms with Crippen molar-refractivity contribution in [3.8, 4) is 22.3 Å². The zero-order chi connectivity index (χ0) is 29.2. The molecule has 0 saturated carbocycles. The normalized spacial score (nSPS) is 17.1. The van der Waals surface area contributed by atoms with Crippen molar-refractivity contribution in [3.63, 3.8) is 0 Å². The molecule has 1 aliphatic heterocycles. The number of hydrogen-bond donors (Lipinski definition) is 0. The smallest absolute Gasteiger partial charge is 0.186 e. The molecule has 0 N–H and O–H groups in total. The monoisotopic (exact) mass is 568 g/mol. The van der Waals surface area contributed by atoms with Gasteiger partial charge in [-0.1, -0.05) is 100 Å². The molecule has 41 heavy (non-hydrogen) atoms. The van der Waals surface area contributed by atoms with E-state index in [2.05, 4.69) is 13.5 Å². The Balaban J connectivity index is 1.40. The van der Waals surface area contributed by atoms with Gasteiger partial charge in [-0.3, -0.25) is 0 Å². The highest BCUT2D eigenvalue weighted by Gasteiger charge is 2.28. The predicted octanol–water partition coefficient (Wildman–Crippen LogP) is 10.5. The van der Waals surface area contributed by atoms with Gasteiger partial charge in [-0.2, -0.15) is 0 Å². The van der Waals surface area contributed by atoms with E-state index in [0.29, 0.717) is 36.3 Å². The fourth-order valence-corrected chi connectivity index (χ4v) is 5.32. The third kappa shape index (κ3) is 7.87. The van der Waals surface area contributed by atoms with Crippen molar-refractivity contribution in [2.45, 2.75) is 77.4 Å². The highest BCUT2D eigenvalue weighted by atomic mass is 19.2. The Morgan fingerprint density at radius 1 is 0.707 bits per heavy atom. The van der Waals surface area contributed by atoms with Crippen LogP contribution in [0.2, 0.25) is 0 Å². The van der Waals surface area contributed by atoms with E-state index in [0.717, 1.165) is 32.1 Å². The van der Waals surface area contributed by atoms with Crippen molar-refractivity contribution >= 4 is 0 Å². The molecule has 0 aliphatic carbocycles. The Morgan fingerprint density at radius 3 is 1.88 bits per heavy atom. The number of aryl methyl sites for hydroxylation is 1. The third-order valence-corrected chi connectivity index (χ3v) is 7.83. The van der Waals surface area contributed by atoms with Crippen LogP contribution in [0.4, 0.5) is 17.6 Å². The maximum Gasteiger partial charge on any atom is 0.186 e. The lowest BCUT2D eigenvalue weighted by Crippen LogP contribution is -2.27. The molecule has 0 bridgehead atoms. The summed E-state index contributed by atoms with van der Waals surface area (Å²) in [4.78, 5) is 0. The van der Waals surface area contributed by atoms with Crippen LogP contribution in [0.15, 0.2) is 61.2 Å². The highest BCUT2D eigenvalue weighted by Crippen LogP contribution is 2.35. The van der Waals surface area contributed by atoms with Gasteiger partial charge in [-0.25, -0.2) is 17.6 Å².